The molecule has 0 saturated carbocycles. The number of thiophene rings is 1. The van der Waals surface area contributed by atoms with Crippen LogP contribution in [0.15, 0.2) is 9.85 Å². The highest BCUT2D eigenvalue weighted by atomic mass is 79.9. The number of aryl methyl sites for hydroxylation is 1. The molecule has 1 aliphatic heterocycles. The van der Waals surface area contributed by atoms with Gasteiger partial charge in [0.15, 0.2) is 0 Å². The fourth-order valence-corrected chi connectivity index (χ4v) is 3.88. The lowest BCUT2D eigenvalue weighted by Gasteiger charge is -2.31. The molecule has 5 heteroatoms. The van der Waals surface area contributed by atoms with Gasteiger partial charge in [-0.25, -0.2) is 0 Å². The van der Waals surface area contributed by atoms with Crippen molar-refractivity contribution >= 4 is 27.3 Å². The molecule has 2 rings (SSSR count). The predicted molar refractivity (Wildman–Crippen MR) is 73.7 cm³/mol. The Bertz CT molecular complexity index is 363. The van der Waals surface area contributed by atoms with Gasteiger partial charge in [-0.05, 0) is 41.0 Å². The SMILES string of the molecule is CCNC(c1cc(Br)sc1C)C1COCCO1. The molecule has 3 nitrogen and oxygen atoms in total. The first-order valence-electron chi connectivity index (χ1n) is 5.91. The molecule has 0 radical (unpaired) electrons. The van der Waals surface area contributed by atoms with Gasteiger partial charge >= 0.3 is 0 Å². The van der Waals surface area contributed by atoms with Crippen LogP contribution in [-0.2, 0) is 9.47 Å². The lowest BCUT2D eigenvalue weighted by Crippen LogP contribution is -2.40. The molecule has 2 heterocycles. The molecule has 0 spiro atoms. The molecular formula is C12H18BrNO2S. The largest absolute Gasteiger partial charge is 0.376 e. The number of nitrogens with one attached hydrogen (secondary N) is 1. The van der Waals surface area contributed by atoms with Gasteiger partial charge in [0.1, 0.15) is 6.10 Å². The van der Waals surface area contributed by atoms with Gasteiger partial charge in [-0.15, -0.1) is 11.3 Å². The van der Waals surface area contributed by atoms with E-state index in [0.29, 0.717) is 19.8 Å². The van der Waals surface area contributed by atoms with Crippen molar-refractivity contribution in [3.63, 3.8) is 0 Å². The van der Waals surface area contributed by atoms with Crippen molar-refractivity contribution in [3.05, 3.63) is 20.3 Å². The third kappa shape index (κ3) is 3.29. The molecule has 2 unspecified atom stereocenters. The van der Waals surface area contributed by atoms with Gasteiger partial charge in [0.25, 0.3) is 0 Å². The van der Waals surface area contributed by atoms with Crippen LogP contribution in [0.4, 0.5) is 0 Å². The third-order valence-corrected chi connectivity index (χ3v) is 4.47. The normalized spacial score (nSPS) is 22.6. The summed E-state index contributed by atoms with van der Waals surface area (Å²) in [6.07, 6.45) is 0.115. The lowest BCUT2D eigenvalue weighted by molar-refractivity contribution is -0.102. The first-order chi connectivity index (χ1) is 8.22. The van der Waals surface area contributed by atoms with Crippen molar-refractivity contribution < 1.29 is 9.47 Å². The molecule has 1 N–H and O–H groups in total. The molecule has 0 aliphatic carbocycles. The number of halogens is 1. The van der Waals surface area contributed by atoms with E-state index in [-0.39, 0.29) is 12.1 Å². The van der Waals surface area contributed by atoms with Crippen molar-refractivity contribution in [1.29, 1.82) is 0 Å². The van der Waals surface area contributed by atoms with Crippen LogP contribution in [0.3, 0.4) is 0 Å². The standard InChI is InChI=1S/C12H18BrNO2S/c1-3-14-12(10-7-15-4-5-16-10)9-6-11(13)17-8(9)2/h6,10,12,14H,3-5,7H2,1-2H3. The molecule has 0 aromatic carbocycles. The van der Waals surface area contributed by atoms with E-state index in [9.17, 15) is 0 Å². The molecule has 17 heavy (non-hydrogen) atoms. The smallest absolute Gasteiger partial charge is 0.100 e. The Morgan fingerprint density at radius 1 is 1.59 bits per heavy atom. The Kier molecular flexibility index (Phi) is 4.99. The molecule has 1 aromatic rings. The third-order valence-electron chi connectivity index (χ3n) is 2.90. The Morgan fingerprint density at radius 3 is 2.94 bits per heavy atom. The molecule has 2 atom stereocenters. The fourth-order valence-electron chi connectivity index (χ4n) is 2.13. The van der Waals surface area contributed by atoms with E-state index >= 15 is 0 Å². The Hall–Kier alpha value is 0.0600. The van der Waals surface area contributed by atoms with Crippen molar-refractivity contribution in [2.45, 2.75) is 26.0 Å². The van der Waals surface area contributed by atoms with Crippen LogP contribution in [0.1, 0.15) is 23.4 Å². The quantitative estimate of drug-likeness (QED) is 0.925. The summed E-state index contributed by atoms with van der Waals surface area (Å²) in [5, 5.41) is 3.50. The van der Waals surface area contributed by atoms with Crippen molar-refractivity contribution in [2.24, 2.45) is 0 Å². The Morgan fingerprint density at radius 2 is 2.41 bits per heavy atom. The number of hydrogen-bond acceptors (Lipinski definition) is 4. The zero-order valence-corrected chi connectivity index (χ0v) is 12.6. The first kappa shape index (κ1) is 13.5. The van der Waals surface area contributed by atoms with Crippen LogP contribution in [0.25, 0.3) is 0 Å². The molecular weight excluding hydrogens is 302 g/mol. The second kappa shape index (κ2) is 6.29. The molecule has 1 fully saturated rings. The summed E-state index contributed by atoms with van der Waals surface area (Å²) in [7, 11) is 0. The van der Waals surface area contributed by atoms with E-state index in [1.54, 1.807) is 11.3 Å². The van der Waals surface area contributed by atoms with Gasteiger partial charge in [-0.2, -0.15) is 0 Å². The maximum atomic E-state index is 5.81. The van der Waals surface area contributed by atoms with Crippen LogP contribution >= 0.6 is 27.3 Å². The van der Waals surface area contributed by atoms with Crippen LogP contribution in [-0.4, -0.2) is 32.5 Å². The van der Waals surface area contributed by atoms with Crippen LogP contribution in [0, 0.1) is 6.92 Å². The topological polar surface area (TPSA) is 30.5 Å². The number of likely N-dealkylation sites (N-methyl/N-ethyl adjacent to an activating group) is 1. The highest BCUT2D eigenvalue weighted by molar-refractivity contribution is 9.11. The van der Waals surface area contributed by atoms with Crippen molar-refractivity contribution in [1.82, 2.24) is 5.32 Å². The van der Waals surface area contributed by atoms with Gasteiger partial charge in [0, 0.05) is 4.88 Å². The Balaban J connectivity index is 2.18. The van der Waals surface area contributed by atoms with Crippen LogP contribution in [0.5, 0.6) is 0 Å². The highest BCUT2D eigenvalue weighted by Crippen LogP contribution is 2.33. The molecule has 0 amide bonds. The van der Waals surface area contributed by atoms with Gasteiger partial charge in [-0.3, -0.25) is 0 Å². The zero-order valence-electron chi connectivity index (χ0n) is 10.2. The molecule has 0 bridgehead atoms. The van der Waals surface area contributed by atoms with Gasteiger partial charge in [0.05, 0.1) is 29.6 Å². The first-order valence-corrected chi connectivity index (χ1v) is 7.52. The highest BCUT2D eigenvalue weighted by Gasteiger charge is 2.28. The lowest BCUT2D eigenvalue weighted by atomic mass is 10.0. The second-order valence-electron chi connectivity index (χ2n) is 4.08. The van der Waals surface area contributed by atoms with E-state index in [0.717, 1.165) is 6.54 Å². The minimum absolute atomic E-state index is 0.115. The van der Waals surface area contributed by atoms with E-state index in [1.807, 2.05) is 0 Å². The number of ether oxygens (including phenoxy) is 2. The van der Waals surface area contributed by atoms with Crippen molar-refractivity contribution in [3.8, 4) is 0 Å². The number of rotatable bonds is 4. The average Bonchev–Trinajstić information content (AvgIpc) is 2.66. The number of hydrogen-bond donors (Lipinski definition) is 1. The monoisotopic (exact) mass is 319 g/mol. The maximum Gasteiger partial charge on any atom is 0.100 e. The molecule has 1 aliphatic rings. The molecule has 96 valence electrons. The molecule has 1 aromatic heterocycles. The average molecular weight is 320 g/mol. The van der Waals surface area contributed by atoms with E-state index in [1.165, 1.54) is 14.2 Å². The van der Waals surface area contributed by atoms with E-state index in [4.69, 9.17) is 9.47 Å². The van der Waals surface area contributed by atoms with Crippen LogP contribution in [0.2, 0.25) is 0 Å². The zero-order chi connectivity index (χ0) is 12.3. The minimum atomic E-state index is 0.115. The minimum Gasteiger partial charge on any atom is -0.376 e. The summed E-state index contributed by atoms with van der Waals surface area (Å²) >= 11 is 5.31. The summed E-state index contributed by atoms with van der Waals surface area (Å²) < 4.78 is 12.5. The van der Waals surface area contributed by atoms with Gasteiger partial charge in [0.2, 0.25) is 0 Å². The summed E-state index contributed by atoms with van der Waals surface area (Å²) in [6, 6.07) is 2.41. The molecule has 1 saturated heterocycles. The summed E-state index contributed by atoms with van der Waals surface area (Å²) in [5.74, 6) is 0. The van der Waals surface area contributed by atoms with Crippen LogP contribution < -0.4 is 5.32 Å². The summed E-state index contributed by atoms with van der Waals surface area (Å²) in [5.41, 5.74) is 1.32. The summed E-state index contributed by atoms with van der Waals surface area (Å²) in [4.78, 5) is 1.33. The van der Waals surface area contributed by atoms with Crippen molar-refractivity contribution in [2.75, 3.05) is 26.4 Å². The van der Waals surface area contributed by atoms with E-state index in [2.05, 4.69) is 41.2 Å². The maximum absolute atomic E-state index is 5.81. The Labute approximate surface area is 115 Å². The van der Waals surface area contributed by atoms with E-state index < -0.39 is 0 Å². The predicted octanol–water partition coefficient (Wildman–Crippen LogP) is 2.89. The summed E-state index contributed by atoms with van der Waals surface area (Å²) in [6.45, 7) is 7.27. The second-order valence-corrected chi connectivity index (χ2v) is 6.72. The van der Waals surface area contributed by atoms with Gasteiger partial charge in [-0.1, -0.05) is 6.92 Å². The fraction of sp³-hybridized carbons (Fsp3) is 0.667. The van der Waals surface area contributed by atoms with Gasteiger partial charge < -0.3 is 14.8 Å².